The minimum Gasteiger partial charge on any atom is -0.352 e. The molecule has 6 heteroatoms. The van der Waals surface area contributed by atoms with Gasteiger partial charge in [-0.2, -0.15) is 0 Å². The third-order valence-electron chi connectivity index (χ3n) is 7.00. The Morgan fingerprint density at radius 1 is 1.00 bits per heavy atom. The number of aromatic nitrogens is 1. The van der Waals surface area contributed by atoms with Crippen molar-refractivity contribution in [3.63, 3.8) is 0 Å². The third-order valence-corrected chi connectivity index (χ3v) is 7.26. The van der Waals surface area contributed by atoms with Crippen LogP contribution in [0.4, 0.5) is 0 Å². The van der Waals surface area contributed by atoms with Gasteiger partial charge >= 0.3 is 0 Å². The van der Waals surface area contributed by atoms with Crippen molar-refractivity contribution in [3.05, 3.63) is 69.9 Å². The average molecular weight is 467 g/mol. The minimum atomic E-state index is 0.00945. The van der Waals surface area contributed by atoms with E-state index in [2.05, 4.69) is 58.7 Å². The van der Waals surface area contributed by atoms with Gasteiger partial charge in [-0.1, -0.05) is 30.7 Å². The highest BCUT2D eigenvalue weighted by atomic mass is 35.5. The van der Waals surface area contributed by atoms with Crippen molar-refractivity contribution in [2.24, 2.45) is 0 Å². The number of carbonyl (C=O) groups is 1. The van der Waals surface area contributed by atoms with Gasteiger partial charge in [-0.15, -0.1) is 0 Å². The fourth-order valence-corrected chi connectivity index (χ4v) is 4.83. The lowest BCUT2D eigenvalue weighted by Crippen LogP contribution is -2.46. The zero-order valence-electron chi connectivity index (χ0n) is 20.0. The summed E-state index contributed by atoms with van der Waals surface area (Å²) in [5, 5.41) is 5.00. The van der Waals surface area contributed by atoms with Gasteiger partial charge < -0.3 is 19.7 Å². The standard InChI is InChI=1S/C27H35ClN4O/c1-4-30-14-16-31(17-15-30)13-5-12-29-27(33)23-8-11-26-25(18-23)20(2)21(3)32(26)19-22-6-9-24(28)10-7-22/h6-11,18H,4-5,12-17,19H2,1-3H3,(H,29,33). The monoisotopic (exact) mass is 466 g/mol. The molecule has 1 fully saturated rings. The van der Waals surface area contributed by atoms with Gasteiger partial charge in [-0.3, -0.25) is 4.79 Å². The van der Waals surface area contributed by atoms with Gasteiger partial charge in [-0.25, -0.2) is 0 Å². The van der Waals surface area contributed by atoms with Gasteiger partial charge in [0, 0.05) is 66.5 Å². The third kappa shape index (κ3) is 5.60. The molecule has 176 valence electrons. The SMILES string of the molecule is CCN1CCN(CCCNC(=O)c2ccc3c(c2)c(C)c(C)n3Cc2ccc(Cl)cc2)CC1. The van der Waals surface area contributed by atoms with Crippen LogP contribution in [0.15, 0.2) is 42.5 Å². The Morgan fingerprint density at radius 2 is 1.70 bits per heavy atom. The normalized spacial score (nSPS) is 15.3. The summed E-state index contributed by atoms with van der Waals surface area (Å²) < 4.78 is 2.31. The highest BCUT2D eigenvalue weighted by Gasteiger charge is 2.16. The molecule has 2 aromatic carbocycles. The van der Waals surface area contributed by atoms with Crippen LogP contribution >= 0.6 is 11.6 Å². The number of benzene rings is 2. The van der Waals surface area contributed by atoms with Gasteiger partial charge in [0.1, 0.15) is 0 Å². The van der Waals surface area contributed by atoms with E-state index in [4.69, 9.17) is 11.6 Å². The van der Waals surface area contributed by atoms with E-state index in [9.17, 15) is 4.79 Å². The molecule has 1 aliphatic rings. The zero-order valence-corrected chi connectivity index (χ0v) is 20.8. The summed E-state index contributed by atoms with van der Waals surface area (Å²) in [6, 6.07) is 14.0. The summed E-state index contributed by atoms with van der Waals surface area (Å²) >= 11 is 6.04. The molecule has 1 amide bonds. The molecule has 0 aliphatic carbocycles. The first-order chi connectivity index (χ1) is 16.0. The highest BCUT2D eigenvalue weighted by molar-refractivity contribution is 6.30. The predicted octanol–water partition coefficient (Wildman–Crippen LogP) is 4.72. The average Bonchev–Trinajstić information content (AvgIpc) is 3.07. The number of halogens is 1. The van der Waals surface area contributed by atoms with Crippen molar-refractivity contribution in [3.8, 4) is 0 Å². The van der Waals surface area contributed by atoms with Crippen LogP contribution in [-0.4, -0.2) is 66.1 Å². The second kappa shape index (κ2) is 10.7. The predicted molar refractivity (Wildman–Crippen MR) is 137 cm³/mol. The summed E-state index contributed by atoms with van der Waals surface area (Å²) in [6.07, 6.45) is 0.982. The maximum atomic E-state index is 12.8. The summed E-state index contributed by atoms with van der Waals surface area (Å²) in [4.78, 5) is 17.8. The van der Waals surface area contributed by atoms with Crippen molar-refractivity contribution in [2.75, 3.05) is 45.8 Å². The number of rotatable bonds is 8. The lowest BCUT2D eigenvalue weighted by atomic mass is 10.1. The summed E-state index contributed by atoms with van der Waals surface area (Å²) in [5.74, 6) is 0.00945. The molecule has 0 saturated carbocycles. The zero-order chi connectivity index (χ0) is 23.4. The van der Waals surface area contributed by atoms with Crippen molar-refractivity contribution in [1.29, 1.82) is 0 Å². The van der Waals surface area contributed by atoms with Gasteiger partial charge in [0.05, 0.1) is 0 Å². The Morgan fingerprint density at radius 3 is 2.39 bits per heavy atom. The summed E-state index contributed by atoms with van der Waals surface area (Å²) in [5.41, 5.74) is 5.53. The molecule has 0 unspecified atom stereocenters. The van der Waals surface area contributed by atoms with E-state index in [0.29, 0.717) is 6.54 Å². The number of amides is 1. The van der Waals surface area contributed by atoms with Crippen LogP contribution in [0, 0.1) is 13.8 Å². The molecule has 0 atom stereocenters. The Kier molecular flexibility index (Phi) is 7.74. The molecule has 5 nitrogen and oxygen atoms in total. The molecule has 1 aromatic heterocycles. The molecule has 0 spiro atoms. The summed E-state index contributed by atoms with van der Waals surface area (Å²) in [6.45, 7) is 14.7. The molecule has 1 saturated heterocycles. The van der Waals surface area contributed by atoms with Gasteiger partial charge in [0.15, 0.2) is 0 Å². The summed E-state index contributed by atoms with van der Waals surface area (Å²) in [7, 11) is 0. The molecule has 33 heavy (non-hydrogen) atoms. The van der Waals surface area contributed by atoms with Crippen LogP contribution in [0.5, 0.6) is 0 Å². The maximum absolute atomic E-state index is 12.8. The second-order valence-electron chi connectivity index (χ2n) is 9.04. The van der Waals surface area contributed by atoms with Crippen LogP contribution < -0.4 is 5.32 Å². The molecule has 0 radical (unpaired) electrons. The van der Waals surface area contributed by atoms with E-state index in [-0.39, 0.29) is 5.91 Å². The van der Waals surface area contributed by atoms with E-state index in [1.54, 1.807) is 0 Å². The number of carbonyl (C=O) groups excluding carboxylic acids is 1. The molecular formula is C27H35ClN4O. The topological polar surface area (TPSA) is 40.5 Å². The van der Waals surface area contributed by atoms with Gasteiger partial charge in [-0.05, 0) is 74.8 Å². The van der Waals surface area contributed by atoms with Crippen molar-refractivity contribution < 1.29 is 4.79 Å². The molecule has 4 rings (SSSR count). The molecule has 1 aliphatic heterocycles. The van der Waals surface area contributed by atoms with Crippen molar-refractivity contribution in [2.45, 2.75) is 33.7 Å². The first-order valence-corrected chi connectivity index (χ1v) is 12.4. The maximum Gasteiger partial charge on any atom is 0.251 e. The van der Waals surface area contributed by atoms with Crippen LogP contribution in [0.3, 0.4) is 0 Å². The number of aryl methyl sites for hydroxylation is 1. The van der Waals surface area contributed by atoms with E-state index < -0.39 is 0 Å². The number of hydrogen-bond acceptors (Lipinski definition) is 3. The number of piperazine rings is 1. The molecule has 1 N–H and O–H groups in total. The highest BCUT2D eigenvalue weighted by Crippen LogP contribution is 2.27. The number of nitrogens with one attached hydrogen (secondary N) is 1. The van der Waals surface area contributed by atoms with E-state index in [1.807, 2.05) is 24.3 Å². The lowest BCUT2D eigenvalue weighted by molar-refractivity contribution is 0.0948. The smallest absolute Gasteiger partial charge is 0.251 e. The Balaban J connectivity index is 1.37. The van der Waals surface area contributed by atoms with Crippen LogP contribution in [0.1, 0.15) is 40.5 Å². The Bertz CT molecular complexity index is 1100. The van der Waals surface area contributed by atoms with E-state index in [0.717, 1.165) is 73.7 Å². The van der Waals surface area contributed by atoms with E-state index in [1.165, 1.54) is 16.8 Å². The molecule has 0 bridgehead atoms. The fraction of sp³-hybridized carbons (Fsp3) is 0.444. The second-order valence-corrected chi connectivity index (χ2v) is 9.48. The number of hydrogen-bond donors (Lipinski definition) is 1. The number of likely N-dealkylation sites (N-methyl/N-ethyl adjacent to an activating group) is 1. The van der Waals surface area contributed by atoms with E-state index >= 15 is 0 Å². The lowest BCUT2D eigenvalue weighted by Gasteiger charge is -2.33. The number of fused-ring (bicyclic) bond motifs is 1. The Labute approximate surface area is 202 Å². The van der Waals surface area contributed by atoms with Crippen LogP contribution in [-0.2, 0) is 6.54 Å². The van der Waals surface area contributed by atoms with Crippen LogP contribution in [0.25, 0.3) is 10.9 Å². The van der Waals surface area contributed by atoms with Crippen molar-refractivity contribution >= 4 is 28.4 Å². The Hall–Kier alpha value is -2.34. The fourth-order valence-electron chi connectivity index (χ4n) is 4.70. The first-order valence-electron chi connectivity index (χ1n) is 12.0. The quantitative estimate of drug-likeness (QED) is 0.488. The first kappa shape index (κ1) is 23.8. The van der Waals surface area contributed by atoms with Gasteiger partial charge in [0.2, 0.25) is 0 Å². The number of nitrogens with zero attached hydrogens (tertiary/aromatic N) is 3. The van der Waals surface area contributed by atoms with Crippen LogP contribution in [0.2, 0.25) is 5.02 Å². The minimum absolute atomic E-state index is 0.00945. The van der Waals surface area contributed by atoms with Crippen molar-refractivity contribution in [1.82, 2.24) is 19.7 Å². The molecule has 3 aromatic rings. The van der Waals surface area contributed by atoms with Gasteiger partial charge in [0.25, 0.3) is 5.91 Å². The molecular weight excluding hydrogens is 432 g/mol. The molecule has 2 heterocycles. The largest absolute Gasteiger partial charge is 0.352 e.